The first-order valence-electron chi connectivity index (χ1n) is 11.4. The summed E-state index contributed by atoms with van der Waals surface area (Å²) in [4.78, 5) is 31.5. The minimum atomic E-state index is -0.278. The summed E-state index contributed by atoms with van der Waals surface area (Å²) in [6.45, 7) is 9.88. The molecule has 3 heterocycles. The summed E-state index contributed by atoms with van der Waals surface area (Å²) >= 11 is 0. The van der Waals surface area contributed by atoms with E-state index in [2.05, 4.69) is 39.2 Å². The Morgan fingerprint density at radius 1 is 0.938 bits per heavy atom. The van der Waals surface area contributed by atoms with Crippen LogP contribution in [0, 0.1) is 11.8 Å². The van der Waals surface area contributed by atoms with E-state index >= 15 is 0 Å². The molecule has 2 aromatic rings. The highest BCUT2D eigenvalue weighted by Gasteiger charge is 2.27. The molecular weight excluding hydrogens is 404 g/mol. The molecular formula is C24H32N6O2. The summed E-state index contributed by atoms with van der Waals surface area (Å²) in [6, 6.07) is 12.8. The second-order valence-electron chi connectivity index (χ2n) is 9.10. The molecule has 32 heavy (non-hydrogen) atoms. The van der Waals surface area contributed by atoms with Gasteiger partial charge in [-0.3, -0.25) is 14.5 Å². The van der Waals surface area contributed by atoms with Gasteiger partial charge in [0.1, 0.15) is 0 Å². The average molecular weight is 437 g/mol. The molecule has 1 aromatic carbocycles. The largest absolute Gasteiger partial charge is 0.353 e. The Kier molecular flexibility index (Phi) is 6.99. The first kappa shape index (κ1) is 22.2. The summed E-state index contributed by atoms with van der Waals surface area (Å²) in [6.07, 6.45) is 1.20. The maximum Gasteiger partial charge on any atom is 0.276 e. The molecule has 2 atom stereocenters. The van der Waals surface area contributed by atoms with Crippen molar-refractivity contribution in [3.8, 4) is 0 Å². The average Bonchev–Trinajstić information content (AvgIpc) is 2.80. The van der Waals surface area contributed by atoms with Crippen molar-refractivity contribution >= 4 is 23.3 Å². The van der Waals surface area contributed by atoms with E-state index < -0.39 is 0 Å². The third-order valence-corrected chi connectivity index (χ3v) is 6.19. The highest BCUT2D eigenvalue weighted by molar-refractivity contribution is 6.02. The van der Waals surface area contributed by atoms with Crippen LogP contribution in [0.3, 0.4) is 0 Å². The van der Waals surface area contributed by atoms with Gasteiger partial charge in [0.2, 0.25) is 5.91 Å². The van der Waals surface area contributed by atoms with Crippen molar-refractivity contribution in [2.45, 2.75) is 20.3 Å². The summed E-state index contributed by atoms with van der Waals surface area (Å²) < 4.78 is 0. The zero-order valence-electron chi connectivity index (χ0n) is 18.9. The van der Waals surface area contributed by atoms with Crippen molar-refractivity contribution in [3.05, 3.63) is 48.2 Å². The Morgan fingerprint density at radius 2 is 1.62 bits per heavy atom. The molecule has 0 spiro atoms. The topological polar surface area (TPSA) is 81.7 Å². The van der Waals surface area contributed by atoms with Crippen LogP contribution in [0.25, 0.3) is 0 Å². The number of amides is 2. The summed E-state index contributed by atoms with van der Waals surface area (Å²) in [5.41, 5.74) is 1.01. The van der Waals surface area contributed by atoms with Crippen molar-refractivity contribution < 1.29 is 9.59 Å². The Balaban J connectivity index is 1.26. The first-order chi connectivity index (χ1) is 15.5. The fraction of sp³-hybridized carbons (Fsp3) is 0.500. The predicted octanol–water partition coefficient (Wildman–Crippen LogP) is 2.36. The number of rotatable bonds is 5. The lowest BCUT2D eigenvalue weighted by Crippen LogP contribution is -2.52. The smallest absolute Gasteiger partial charge is 0.276 e. The zero-order valence-corrected chi connectivity index (χ0v) is 18.9. The molecule has 0 saturated carbocycles. The molecule has 1 N–H and O–H groups in total. The van der Waals surface area contributed by atoms with Crippen molar-refractivity contribution in [1.82, 2.24) is 20.0 Å². The van der Waals surface area contributed by atoms with E-state index in [4.69, 9.17) is 0 Å². The van der Waals surface area contributed by atoms with Gasteiger partial charge in [0.05, 0.1) is 6.54 Å². The molecule has 0 aliphatic carbocycles. The molecule has 2 unspecified atom stereocenters. The number of likely N-dealkylation sites (tertiary alicyclic amines) is 1. The molecule has 2 saturated heterocycles. The molecule has 2 aliphatic rings. The molecule has 170 valence electrons. The van der Waals surface area contributed by atoms with Gasteiger partial charge in [-0.15, -0.1) is 10.2 Å². The molecule has 2 fully saturated rings. The number of piperazine rings is 1. The van der Waals surface area contributed by atoms with Crippen molar-refractivity contribution in [1.29, 1.82) is 0 Å². The normalized spacial score (nSPS) is 21.9. The fourth-order valence-corrected chi connectivity index (χ4v) is 4.62. The van der Waals surface area contributed by atoms with Gasteiger partial charge < -0.3 is 15.1 Å². The van der Waals surface area contributed by atoms with Gasteiger partial charge in [-0.2, -0.15) is 0 Å². The number of hydrogen-bond donors (Lipinski definition) is 1. The lowest BCUT2D eigenvalue weighted by molar-refractivity contribution is -0.135. The Bertz CT molecular complexity index is 902. The SMILES string of the molecule is CC1CC(C)CN(C(=O)CN2CCN(c3ccc(C(=O)Nc4ccccc4)nn3)CC2)C1. The third-order valence-electron chi connectivity index (χ3n) is 6.19. The van der Waals surface area contributed by atoms with Crippen LogP contribution in [-0.2, 0) is 4.79 Å². The zero-order chi connectivity index (χ0) is 22.5. The van der Waals surface area contributed by atoms with Gasteiger partial charge in [0, 0.05) is 45.0 Å². The summed E-state index contributed by atoms with van der Waals surface area (Å²) in [5, 5.41) is 11.2. The molecule has 4 rings (SSSR count). The molecule has 0 bridgehead atoms. The molecule has 2 aliphatic heterocycles. The monoisotopic (exact) mass is 436 g/mol. The van der Waals surface area contributed by atoms with E-state index in [1.54, 1.807) is 6.07 Å². The van der Waals surface area contributed by atoms with E-state index in [1.807, 2.05) is 41.3 Å². The third kappa shape index (κ3) is 5.62. The van der Waals surface area contributed by atoms with Crippen LogP contribution >= 0.6 is 0 Å². The molecule has 8 nitrogen and oxygen atoms in total. The van der Waals surface area contributed by atoms with E-state index in [9.17, 15) is 9.59 Å². The second kappa shape index (κ2) is 10.1. The standard InChI is InChI=1S/C24H32N6O2/c1-18-14-19(2)16-30(15-18)23(31)17-28-10-12-29(13-11-28)22-9-8-21(26-27-22)24(32)25-20-6-4-3-5-7-20/h3-9,18-19H,10-17H2,1-2H3,(H,25,32). The van der Waals surface area contributed by atoms with E-state index in [1.165, 1.54) is 6.42 Å². The number of nitrogens with one attached hydrogen (secondary N) is 1. The minimum Gasteiger partial charge on any atom is -0.353 e. The quantitative estimate of drug-likeness (QED) is 0.775. The maximum atomic E-state index is 12.8. The van der Waals surface area contributed by atoms with Gasteiger partial charge in [-0.1, -0.05) is 32.0 Å². The number of aromatic nitrogens is 2. The van der Waals surface area contributed by atoms with Crippen LogP contribution < -0.4 is 10.2 Å². The van der Waals surface area contributed by atoms with Crippen LogP contribution in [-0.4, -0.2) is 77.6 Å². The molecule has 0 radical (unpaired) electrons. The van der Waals surface area contributed by atoms with Crippen LogP contribution in [0.4, 0.5) is 11.5 Å². The molecule has 8 heteroatoms. The molecule has 1 aromatic heterocycles. The predicted molar refractivity (Wildman–Crippen MR) is 125 cm³/mol. The summed E-state index contributed by atoms with van der Waals surface area (Å²) in [7, 11) is 0. The summed E-state index contributed by atoms with van der Waals surface area (Å²) in [5.74, 6) is 1.88. The lowest BCUT2D eigenvalue weighted by Gasteiger charge is -2.38. The van der Waals surface area contributed by atoms with E-state index in [-0.39, 0.29) is 17.5 Å². The number of piperidine rings is 1. The minimum absolute atomic E-state index is 0.241. The van der Waals surface area contributed by atoms with Crippen molar-refractivity contribution in [2.24, 2.45) is 11.8 Å². The van der Waals surface area contributed by atoms with Crippen molar-refractivity contribution in [3.63, 3.8) is 0 Å². The van der Waals surface area contributed by atoms with E-state index in [0.29, 0.717) is 18.4 Å². The number of para-hydroxylation sites is 1. The van der Waals surface area contributed by atoms with Gasteiger partial charge in [0.15, 0.2) is 11.5 Å². The Hall–Kier alpha value is -3.00. The highest BCUT2D eigenvalue weighted by Crippen LogP contribution is 2.21. The number of nitrogens with zero attached hydrogens (tertiary/aromatic N) is 5. The number of hydrogen-bond acceptors (Lipinski definition) is 6. The Morgan fingerprint density at radius 3 is 2.25 bits per heavy atom. The molecule has 2 amide bonds. The fourth-order valence-electron chi connectivity index (χ4n) is 4.62. The van der Waals surface area contributed by atoms with Crippen molar-refractivity contribution in [2.75, 3.05) is 56.0 Å². The van der Waals surface area contributed by atoms with Gasteiger partial charge in [-0.05, 0) is 42.5 Å². The number of anilines is 2. The second-order valence-corrected chi connectivity index (χ2v) is 9.10. The van der Waals surface area contributed by atoms with Crippen LogP contribution in [0.5, 0.6) is 0 Å². The van der Waals surface area contributed by atoms with Crippen LogP contribution in [0.1, 0.15) is 30.8 Å². The van der Waals surface area contributed by atoms with Gasteiger partial charge >= 0.3 is 0 Å². The van der Waals surface area contributed by atoms with Gasteiger partial charge in [0.25, 0.3) is 5.91 Å². The first-order valence-corrected chi connectivity index (χ1v) is 11.4. The van der Waals surface area contributed by atoms with Crippen LogP contribution in [0.15, 0.2) is 42.5 Å². The van der Waals surface area contributed by atoms with E-state index in [0.717, 1.165) is 50.8 Å². The number of carbonyl (C=O) groups excluding carboxylic acids is 2. The van der Waals surface area contributed by atoms with Crippen LogP contribution in [0.2, 0.25) is 0 Å². The van der Waals surface area contributed by atoms with Gasteiger partial charge in [-0.25, -0.2) is 0 Å². The highest BCUT2D eigenvalue weighted by atomic mass is 16.2. The maximum absolute atomic E-state index is 12.8. The lowest BCUT2D eigenvalue weighted by atomic mass is 9.92. The number of benzene rings is 1. The number of carbonyl (C=O) groups is 2. The Labute approximate surface area is 189 Å².